The Balaban J connectivity index is 2.02. The molecule has 1 aromatic rings. The highest BCUT2D eigenvalue weighted by atomic mass is 16.6. The second-order valence-corrected chi connectivity index (χ2v) is 7.20. The summed E-state index contributed by atoms with van der Waals surface area (Å²) in [4.78, 5) is 39.6. The van der Waals surface area contributed by atoms with Gasteiger partial charge in [-0.2, -0.15) is 0 Å². The molecule has 0 saturated carbocycles. The van der Waals surface area contributed by atoms with Gasteiger partial charge in [0.15, 0.2) is 6.04 Å². The van der Waals surface area contributed by atoms with E-state index in [1.54, 1.807) is 20.8 Å². The number of rotatable bonds is 3. The fourth-order valence-corrected chi connectivity index (χ4v) is 2.63. The maximum absolute atomic E-state index is 12.5. The van der Waals surface area contributed by atoms with E-state index in [1.165, 1.54) is 16.9 Å². The van der Waals surface area contributed by atoms with Gasteiger partial charge in [0.25, 0.3) is 0 Å². The zero-order valence-electron chi connectivity index (χ0n) is 16.1. The van der Waals surface area contributed by atoms with Crippen LogP contribution in [-0.4, -0.2) is 66.3 Å². The molecule has 0 aliphatic carbocycles. The zero-order chi connectivity index (χ0) is 20.0. The van der Waals surface area contributed by atoms with Crippen LogP contribution in [0.25, 0.3) is 0 Å². The number of carbonyl (C=O) groups is 3. The normalized spacial score (nSPS) is 17.3. The van der Waals surface area contributed by atoms with Gasteiger partial charge in [0.05, 0.1) is 13.7 Å². The monoisotopic (exact) mass is 378 g/mol. The first-order valence-corrected chi connectivity index (χ1v) is 8.74. The van der Waals surface area contributed by atoms with E-state index in [9.17, 15) is 14.4 Å². The molecule has 0 radical (unpaired) electrons. The minimum absolute atomic E-state index is 0.0119. The third-order valence-electron chi connectivity index (χ3n) is 3.94. The van der Waals surface area contributed by atoms with Gasteiger partial charge in [0.2, 0.25) is 0 Å². The molecule has 27 heavy (non-hydrogen) atoms. The molecule has 0 aromatic heterocycles. The van der Waals surface area contributed by atoms with Crippen molar-refractivity contribution in [2.24, 2.45) is 0 Å². The third-order valence-corrected chi connectivity index (χ3v) is 3.94. The number of piperazine rings is 1. The largest absolute Gasteiger partial charge is 0.467 e. The molecular formula is C19H26N2O6. The molecule has 8 nitrogen and oxygen atoms in total. The lowest BCUT2D eigenvalue weighted by Gasteiger charge is -2.39. The molecule has 8 heteroatoms. The van der Waals surface area contributed by atoms with Gasteiger partial charge >= 0.3 is 18.2 Å². The summed E-state index contributed by atoms with van der Waals surface area (Å²) in [5, 5.41) is 0. The number of ether oxygens (including phenoxy) is 3. The predicted octanol–water partition coefficient (Wildman–Crippen LogP) is 2.42. The summed E-state index contributed by atoms with van der Waals surface area (Å²) >= 11 is 0. The van der Waals surface area contributed by atoms with Crippen LogP contribution in [-0.2, 0) is 25.6 Å². The quantitative estimate of drug-likeness (QED) is 0.593. The van der Waals surface area contributed by atoms with Crippen molar-refractivity contribution < 1.29 is 28.6 Å². The molecule has 0 spiro atoms. The summed E-state index contributed by atoms with van der Waals surface area (Å²) in [6.07, 6.45) is -1.16. The smallest absolute Gasteiger partial charge is 0.410 e. The Morgan fingerprint density at radius 1 is 1.07 bits per heavy atom. The van der Waals surface area contributed by atoms with Gasteiger partial charge in [-0.3, -0.25) is 4.90 Å². The van der Waals surface area contributed by atoms with Crippen molar-refractivity contribution in [3.63, 3.8) is 0 Å². The van der Waals surface area contributed by atoms with Crippen molar-refractivity contribution in [2.75, 3.05) is 26.7 Å². The van der Waals surface area contributed by atoms with E-state index < -0.39 is 29.8 Å². The minimum Gasteiger partial charge on any atom is -0.467 e. The van der Waals surface area contributed by atoms with E-state index in [1.807, 2.05) is 30.3 Å². The number of hydrogen-bond donors (Lipinski definition) is 0. The van der Waals surface area contributed by atoms with Crippen LogP contribution in [0.2, 0.25) is 0 Å². The number of benzene rings is 1. The molecule has 1 fully saturated rings. The van der Waals surface area contributed by atoms with Gasteiger partial charge in [-0.25, -0.2) is 14.4 Å². The maximum atomic E-state index is 12.5. The Morgan fingerprint density at radius 2 is 1.74 bits per heavy atom. The average molecular weight is 378 g/mol. The highest BCUT2D eigenvalue weighted by Crippen LogP contribution is 2.17. The van der Waals surface area contributed by atoms with E-state index in [4.69, 9.17) is 14.2 Å². The lowest BCUT2D eigenvalue weighted by atomic mass is 10.1. The Morgan fingerprint density at radius 3 is 2.33 bits per heavy atom. The molecule has 1 atom stereocenters. The van der Waals surface area contributed by atoms with Gasteiger partial charge in [0.1, 0.15) is 12.2 Å². The van der Waals surface area contributed by atoms with Crippen molar-refractivity contribution in [1.29, 1.82) is 0 Å². The number of hydrogen-bond acceptors (Lipinski definition) is 6. The van der Waals surface area contributed by atoms with Gasteiger partial charge in [-0.1, -0.05) is 30.3 Å². The lowest BCUT2D eigenvalue weighted by Crippen LogP contribution is -2.60. The Kier molecular flexibility index (Phi) is 6.65. The Bertz CT molecular complexity index is 671. The van der Waals surface area contributed by atoms with E-state index >= 15 is 0 Å². The third kappa shape index (κ3) is 5.87. The van der Waals surface area contributed by atoms with Crippen LogP contribution in [0.1, 0.15) is 26.3 Å². The Labute approximate surface area is 159 Å². The maximum Gasteiger partial charge on any atom is 0.410 e. The first-order valence-electron chi connectivity index (χ1n) is 8.74. The first-order chi connectivity index (χ1) is 12.7. The standard InChI is InChI=1S/C19H26N2O6/c1-19(2,3)27-17(23)20-10-11-21(15(12-20)16(22)25-4)18(24)26-13-14-8-6-5-7-9-14/h5-9,15H,10-13H2,1-4H3/t15-/m0/s1. The zero-order valence-corrected chi connectivity index (χ0v) is 16.1. The molecule has 148 valence electrons. The second kappa shape index (κ2) is 8.75. The topological polar surface area (TPSA) is 85.4 Å². The second-order valence-electron chi connectivity index (χ2n) is 7.20. The fraction of sp³-hybridized carbons (Fsp3) is 0.526. The lowest BCUT2D eigenvalue weighted by molar-refractivity contribution is -0.148. The van der Waals surface area contributed by atoms with Gasteiger partial charge in [-0.05, 0) is 26.3 Å². The average Bonchev–Trinajstić information content (AvgIpc) is 2.64. The number of carbonyl (C=O) groups excluding carboxylic acids is 3. The Hall–Kier alpha value is -2.77. The van der Waals surface area contributed by atoms with Crippen molar-refractivity contribution >= 4 is 18.2 Å². The van der Waals surface area contributed by atoms with Crippen LogP contribution in [0.4, 0.5) is 9.59 Å². The predicted molar refractivity (Wildman–Crippen MR) is 96.9 cm³/mol. The van der Waals surface area contributed by atoms with Gasteiger partial charge < -0.3 is 19.1 Å². The van der Waals surface area contributed by atoms with Crippen LogP contribution in [0.5, 0.6) is 0 Å². The van der Waals surface area contributed by atoms with Crippen LogP contribution in [0.15, 0.2) is 30.3 Å². The van der Waals surface area contributed by atoms with Crippen LogP contribution in [0.3, 0.4) is 0 Å². The first kappa shape index (κ1) is 20.5. The molecule has 1 aromatic carbocycles. The molecule has 2 rings (SSSR count). The van der Waals surface area contributed by atoms with Crippen LogP contribution < -0.4 is 0 Å². The van der Waals surface area contributed by atoms with Crippen LogP contribution in [0, 0.1) is 0 Å². The summed E-state index contributed by atoms with van der Waals surface area (Å²) in [6.45, 7) is 5.76. The minimum atomic E-state index is -0.945. The van der Waals surface area contributed by atoms with Gasteiger partial charge in [0, 0.05) is 13.1 Å². The van der Waals surface area contributed by atoms with Crippen molar-refractivity contribution in [2.45, 2.75) is 39.0 Å². The SMILES string of the molecule is COC(=O)[C@@H]1CN(C(=O)OC(C)(C)C)CCN1C(=O)OCc1ccccc1. The van der Waals surface area contributed by atoms with Crippen molar-refractivity contribution in [1.82, 2.24) is 9.80 Å². The molecule has 0 unspecified atom stereocenters. The van der Waals surface area contributed by atoms with E-state index in [0.717, 1.165) is 5.56 Å². The summed E-state index contributed by atoms with van der Waals surface area (Å²) in [7, 11) is 1.24. The number of nitrogens with zero attached hydrogens (tertiary/aromatic N) is 2. The van der Waals surface area contributed by atoms with E-state index in [2.05, 4.69) is 0 Å². The highest BCUT2D eigenvalue weighted by Gasteiger charge is 2.39. The summed E-state index contributed by atoms with van der Waals surface area (Å²) < 4.78 is 15.4. The molecule has 0 bridgehead atoms. The molecular weight excluding hydrogens is 352 g/mol. The molecule has 2 amide bonds. The van der Waals surface area contributed by atoms with E-state index in [0.29, 0.717) is 0 Å². The summed E-state index contributed by atoms with van der Waals surface area (Å²) in [6, 6.07) is 8.30. The van der Waals surface area contributed by atoms with Gasteiger partial charge in [-0.15, -0.1) is 0 Å². The summed E-state index contributed by atoms with van der Waals surface area (Å²) in [5.74, 6) is -0.611. The fourth-order valence-electron chi connectivity index (χ4n) is 2.63. The molecule has 1 aliphatic rings. The van der Waals surface area contributed by atoms with Crippen LogP contribution >= 0.6 is 0 Å². The van der Waals surface area contributed by atoms with Crippen molar-refractivity contribution in [3.05, 3.63) is 35.9 Å². The van der Waals surface area contributed by atoms with E-state index in [-0.39, 0.29) is 26.2 Å². The molecule has 0 N–H and O–H groups in total. The molecule has 1 saturated heterocycles. The number of amides is 2. The highest BCUT2D eigenvalue weighted by molar-refractivity contribution is 5.83. The summed E-state index contributed by atoms with van der Waals surface area (Å²) in [5.41, 5.74) is 0.191. The van der Waals surface area contributed by atoms with Crippen molar-refractivity contribution in [3.8, 4) is 0 Å². The number of esters is 1. The molecule has 1 heterocycles. The number of methoxy groups -OCH3 is 1. The molecule has 1 aliphatic heterocycles.